The molecule has 4 nitrogen and oxygen atoms in total. The molecular weight excluding hydrogens is 188 g/mol. The second-order valence-electron chi connectivity index (χ2n) is 4.72. The maximum atomic E-state index is 5.95. The predicted molar refractivity (Wildman–Crippen MR) is 58.8 cm³/mol. The van der Waals surface area contributed by atoms with Crippen molar-refractivity contribution in [3.63, 3.8) is 0 Å². The lowest BCUT2D eigenvalue weighted by atomic mass is 10.1. The van der Waals surface area contributed by atoms with E-state index in [1.165, 1.54) is 17.9 Å². The first-order valence-corrected chi connectivity index (χ1v) is 5.85. The lowest BCUT2D eigenvalue weighted by Gasteiger charge is -2.18. The molecule has 82 valence electrons. The summed E-state index contributed by atoms with van der Waals surface area (Å²) in [6.07, 6.45) is 5.49. The Morgan fingerprint density at radius 1 is 1.47 bits per heavy atom. The van der Waals surface area contributed by atoms with Crippen LogP contribution in [-0.2, 0) is 13.0 Å². The molecule has 0 amide bonds. The molecule has 3 heterocycles. The van der Waals surface area contributed by atoms with Crippen molar-refractivity contribution in [3.05, 3.63) is 17.7 Å². The second kappa shape index (κ2) is 3.61. The van der Waals surface area contributed by atoms with Crippen molar-refractivity contribution in [2.24, 2.45) is 5.73 Å². The summed E-state index contributed by atoms with van der Waals surface area (Å²) in [5, 5.41) is 3.39. The monoisotopic (exact) mass is 206 g/mol. The molecule has 0 aliphatic carbocycles. The number of hydrogen-bond donors (Lipinski definition) is 2. The number of hydrogen-bond acceptors (Lipinski definition) is 3. The lowest BCUT2D eigenvalue weighted by molar-refractivity contribution is 0.463. The van der Waals surface area contributed by atoms with Crippen molar-refractivity contribution < 1.29 is 0 Å². The third-order valence-electron chi connectivity index (χ3n) is 3.54. The van der Waals surface area contributed by atoms with Gasteiger partial charge in [0.15, 0.2) is 0 Å². The van der Waals surface area contributed by atoms with Crippen LogP contribution in [0.5, 0.6) is 0 Å². The van der Waals surface area contributed by atoms with Crippen molar-refractivity contribution >= 4 is 0 Å². The minimum absolute atomic E-state index is 0.314. The van der Waals surface area contributed by atoms with E-state index in [2.05, 4.69) is 16.1 Å². The first kappa shape index (κ1) is 9.36. The summed E-state index contributed by atoms with van der Waals surface area (Å²) in [4.78, 5) is 4.73. The van der Waals surface area contributed by atoms with Crippen LogP contribution in [-0.4, -0.2) is 28.7 Å². The van der Waals surface area contributed by atoms with E-state index in [1.54, 1.807) is 0 Å². The number of nitrogens with zero attached hydrogens (tertiary/aromatic N) is 2. The second-order valence-corrected chi connectivity index (χ2v) is 4.72. The number of nitrogens with one attached hydrogen (secondary N) is 1. The van der Waals surface area contributed by atoms with E-state index in [4.69, 9.17) is 10.7 Å². The van der Waals surface area contributed by atoms with Gasteiger partial charge in [0.25, 0.3) is 0 Å². The van der Waals surface area contributed by atoms with E-state index in [9.17, 15) is 0 Å². The molecule has 1 aromatic heterocycles. The van der Waals surface area contributed by atoms with Gasteiger partial charge in [-0.05, 0) is 19.4 Å². The average molecular weight is 206 g/mol. The number of imidazole rings is 1. The number of aromatic nitrogens is 2. The fourth-order valence-corrected chi connectivity index (χ4v) is 2.58. The standard InChI is InChI=1S/C11H18N4/c12-9-2-4-15-7-10(14-11(15)5-9)8-1-3-13-6-8/h7-9,13H,1-6,12H2. The van der Waals surface area contributed by atoms with E-state index in [1.807, 2.05) is 0 Å². The normalized spacial score (nSPS) is 30.5. The molecule has 2 atom stereocenters. The third kappa shape index (κ3) is 1.68. The van der Waals surface area contributed by atoms with E-state index in [0.29, 0.717) is 12.0 Å². The molecule has 1 fully saturated rings. The first-order valence-electron chi connectivity index (χ1n) is 5.85. The topological polar surface area (TPSA) is 55.9 Å². The Balaban J connectivity index is 1.85. The Kier molecular flexibility index (Phi) is 2.25. The van der Waals surface area contributed by atoms with E-state index in [0.717, 1.165) is 32.5 Å². The maximum Gasteiger partial charge on any atom is 0.110 e. The highest BCUT2D eigenvalue weighted by atomic mass is 15.1. The molecule has 1 saturated heterocycles. The van der Waals surface area contributed by atoms with Crippen molar-refractivity contribution in [2.45, 2.75) is 37.8 Å². The Bertz CT molecular complexity index is 351. The molecule has 0 radical (unpaired) electrons. The zero-order valence-electron chi connectivity index (χ0n) is 8.95. The lowest BCUT2D eigenvalue weighted by Crippen LogP contribution is -2.30. The Morgan fingerprint density at radius 3 is 3.20 bits per heavy atom. The van der Waals surface area contributed by atoms with Crippen LogP contribution in [0.4, 0.5) is 0 Å². The average Bonchev–Trinajstić information content (AvgIpc) is 2.84. The van der Waals surface area contributed by atoms with Gasteiger partial charge in [0, 0.05) is 37.7 Å². The quantitative estimate of drug-likeness (QED) is 0.692. The molecule has 0 saturated carbocycles. The fraction of sp³-hybridized carbons (Fsp3) is 0.727. The number of nitrogens with two attached hydrogens (primary N) is 1. The highest BCUT2D eigenvalue weighted by molar-refractivity contribution is 5.14. The van der Waals surface area contributed by atoms with Gasteiger partial charge in [-0.3, -0.25) is 0 Å². The molecule has 1 aromatic rings. The van der Waals surface area contributed by atoms with Crippen LogP contribution in [0.1, 0.15) is 30.3 Å². The van der Waals surface area contributed by atoms with Crippen LogP contribution in [0, 0.1) is 0 Å². The SMILES string of the molecule is NC1CCn2cc(C3CCNC3)nc2C1. The van der Waals surface area contributed by atoms with Crippen LogP contribution in [0.2, 0.25) is 0 Å². The molecule has 0 bridgehead atoms. The molecule has 0 spiro atoms. The van der Waals surface area contributed by atoms with Gasteiger partial charge in [-0.1, -0.05) is 0 Å². The van der Waals surface area contributed by atoms with Gasteiger partial charge in [0.2, 0.25) is 0 Å². The number of fused-ring (bicyclic) bond motifs is 1. The van der Waals surface area contributed by atoms with Crippen molar-refractivity contribution in [1.29, 1.82) is 0 Å². The smallest absolute Gasteiger partial charge is 0.110 e. The molecule has 2 aliphatic rings. The van der Waals surface area contributed by atoms with Crippen molar-refractivity contribution in [1.82, 2.24) is 14.9 Å². The van der Waals surface area contributed by atoms with Crippen LogP contribution in [0.25, 0.3) is 0 Å². The zero-order valence-corrected chi connectivity index (χ0v) is 8.95. The highest BCUT2D eigenvalue weighted by Gasteiger charge is 2.23. The summed E-state index contributed by atoms with van der Waals surface area (Å²) < 4.78 is 2.29. The molecule has 0 aromatic carbocycles. The highest BCUT2D eigenvalue weighted by Crippen LogP contribution is 2.23. The van der Waals surface area contributed by atoms with Gasteiger partial charge in [-0.15, -0.1) is 0 Å². The minimum Gasteiger partial charge on any atom is -0.335 e. The maximum absolute atomic E-state index is 5.95. The molecule has 2 unspecified atom stereocenters. The molecule has 2 aliphatic heterocycles. The molecule has 3 N–H and O–H groups in total. The molecular formula is C11H18N4. The van der Waals surface area contributed by atoms with Crippen LogP contribution in [0.15, 0.2) is 6.20 Å². The first-order chi connectivity index (χ1) is 7.33. The Hall–Kier alpha value is -0.870. The van der Waals surface area contributed by atoms with E-state index >= 15 is 0 Å². The van der Waals surface area contributed by atoms with Crippen LogP contribution < -0.4 is 11.1 Å². The predicted octanol–water partition coefficient (Wildman–Crippen LogP) is 0.233. The van der Waals surface area contributed by atoms with Crippen LogP contribution >= 0.6 is 0 Å². The number of aryl methyl sites for hydroxylation is 1. The van der Waals surface area contributed by atoms with Gasteiger partial charge in [-0.25, -0.2) is 4.98 Å². The molecule has 15 heavy (non-hydrogen) atoms. The van der Waals surface area contributed by atoms with Gasteiger partial charge >= 0.3 is 0 Å². The van der Waals surface area contributed by atoms with Crippen molar-refractivity contribution in [2.75, 3.05) is 13.1 Å². The van der Waals surface area contributed by atoms with Gasteiger partial charge in [0.1, 0.15) is 5.82 Å². The van der Waals surface area contributed by atoms with Gasteiger partial charge in [-0.2, -0.15) is 0 Å². The fourth-order valence-electron chi connectivity index (χ4n) is 2.58. The van der Waals surface area contributed by atoms with Crippen molar-refractivity contribution in [3.8, 4) is 0 Å². The van der Waals surface area contributed by atoms with Gasteiger partial charge in [0.05, 0.1) is 5.69 Å². The van der Waals surface area contributed by atoms with E-state index < -0.39 is 0 Å². The van der Waals surface area contributed by atoms with E-state index in [-0.39, 0.29) is 0 Å². The summed E-state index contributed by atoms with van der Waals surface area (Å²) in [5.41, 5.74) is 7.21. The largest absolute Gasteiger partial charge is 0.335 e. The van der Waals surface area contributed by atoms with Gasteiger partial charge < -0.3 is 15.6 Å². The Morgan fingerprint density at radius 2 is 2.40 bits per heavy atom. The summed E-state index contributed by atoms with van der Waals surface area (Å²) in [5.74, 6) is 1.81. The zero-order chi connectivity index (χ0) is 10.3. The number of rotatable bonds is 1. The Labute approximate surface area is 89.9 Å². The summed E-state index contributed by atoms with van der Waals surface area (Å²) >= 11 is 0. The summed E-state index contributed by atoms with van der Waals surface area (Å²) in [7, 11) is 0. The summed E-state index contributed by atoms with van der Waals surface area (Å²) in [6, 6.07) is 0.314. The third-order valence-corrected chi connectivity index (χ3v) is 3.54. The molecule has 3 rings (SSSR count). The minimum atomic E-state index is 0.314. The summed E-state index contributed by atoms with van der Waals surface area (Å²) in [6.45, 7) is 3.26. The molecule has 4 heteroatoms. The van der Waals surface area contributed by atoms with Crippen LogP contribution in [0.3, 0.4) is 0 Å².